The van der Waals surface area contributed by atoms with Crippen molar-refractivity contribution in [2.45, 2.75) is 37.7 Å². The highest BCUT2D eigenvalue weighted by Crippen LogP contribution is 2.39. The number of β-amino-alcohol motifs (C(OH)–C–C–N with tert-alkyl or cyclic N) is 1. The van der Waals surface area contributed by atoms with Gasteiger partial charge < -0.3 is 34.2 Å². The molecule has 0 aliphatic carbocycles. The van der Waals surface area contributed by atoms with Gasteiger partial charge in [0.1, 0.15) is 23.6 Å². The maximum atomic E-state index is 15.3. The maximum Gasteiger partial charge on any atom is 0.407 e. The average Bonchev–Trinajstić information content (AvgIpc) is 3.60. The average molecular weight is 628 g/mol. The Labute approximate surface area is 258 Å². The smallest absolute Gasteiger partial charge is 0.407 e. The molecule has 10 nitrogen and oxygen atoms in total. The van der Waals surface area contributed by atoms with Crippen molar-refractivity contribution in [1.29, 1.82) is 0 Å². The van der Waals surface area contributed by atoms with E-state index < -0.39 is 48.0 Å². The standard InChI is InChI=1S/C32H36F3N5O5/c33-23-6-7-26(34)25(12-23)28-19-37(13-20-4-2-1-3-5-20)30(36-28)29(21-8-10-45-11-9-21)40(31(42)38-16-24(41)17-38)15-22-14-39(32(43)44)18-27(22)35/h1-7,12,19,21-22,24,27,29,41H,8-11,13-18H2,(H,43,44)/t22?,27?,29-/m1/s1. The molecule has 3 aliphatic rings. The molecule has 2 N–H and O–H groups in total. The summed E-state index contributed by atoms with van der Waals surface area (Å²) in [5.74, 6) is -1.85. The summed E-state index contributed by atoms with van der Waals surface area (Å²) in [6, 6.07) is 11.5. The molecule has 3 aromatic rings. The number of halogens is 3. The van der Waals surface area contributed by atoms with Gasteiger partial charge in [0.25, 0.3) is 0 Å². The molecular weight excluding hydrogens is 591 g/mol. The number of ether oxygens (including phenoxy) is 1. The van der Waals surface area contributed by atoms with Gasteiger partial charge in [0.05, 0.1) is 37.5 Å². The number of hydrogen-bond acceptors (Lipinski definition) is 5. The molecule has 3 amide bonds. The predicted molar refractivity (Wildman–Crippen MR) is 157 cm³/mol. The van der Waals surface area contributed by atoms with E-state index in [-0.39, 0.29) is 49.9 Å². The van der Waals surface area contributed by atoms with E-state index in [0.717, 1.165) is 28.7 Å². The Bertz CT molecular complexity index is 1510. The molecule has 2 aromatic carbocycles. The number of aliphatic hydroxyl groups excluding tert-OH is 1. The molecule has 13 heteroatoms. The minimum atomic E-state index is -1.49. The van der Waals surface area contributed by atoms with Gasteiger partial charge in [0, 0.05) is 50.5 Å². The minimum absolute atomic E-state index is 0.0331. The Kier molecular flexibility index (Phi) is 8.99. The first-order chi connectivity index (χ1) is 21.7. The molecule has 45 heavy (non-hydrogen) atoms. The first-order valence-corrected chi connectivity index (χ1v) is 15.2. The van der Waals surface area contributed by atoms with Gasteiger partial charge in [-0.2, -0.15) is 0 Å². The van der Waals surface area contributed by atoms with Crippen LogP contribution in [0.4, 0.5) is 22.8 Å². The summed E-state index contributed by atoms with van der Waals surface area (Å²) in [4.78, 5) is 34.8. The third-order valence-corrected chi connectivity index (χ3v) is 8.96. The van der Waals surface area contributed by atoms with E-state index >= 15 is 8.78 Å². The fourth-order valence-corrected chi connectivity index (χ4v) is 6.55. The van der Waals surface area contributed by atoms with Crippen LogP contribution < -0.4 is 0 Å². The van der Waals surface area contributed by atoms with Crippen molar-refractivity contribution >= 4 is 12.1 Å². The van der Waals surface area contributed by atoms with E-state index in [1.165, 1.54) is 4.90 Å². The summed E-state index contributed by atoms with van der Waals surface area (Å²) < 4.78 is 52.2. The number of amides is 3. The van der Waals surface area contributed by atoms with Crippen LogP contribution in [0.1, 0.15) is 30.3 Å². The van der Waals surface area contributed by atoms with E-state index in [9.17, 15) is 24.2 Å². The number of rotatable bonds is 8. The quantitative estimate of drug-likeness (QED) is 0.384. The molecule has 0 bridgehead atoms. The number of alkyl halides is 1. The van der Waals surface area contributed by atoms with Crippen molar-refractivity contribution in [3.8, 4) is 11.3 Å². The second-order valence-corrected chi connectivity index (χ2v) is 12.1. The highest BCUT2D eigenvalue weighted by atomic mass is 19.1. The zero-order valence-corrected chi connectivity index (χ0v) is 24.6. The maximum absolute atomic E-state index is 15.3. The number of nitrogens with zero attached hydrogens (tertiary/aromatic N) is 5. The summed E-state index contributed by atoms with van der Waals surface area (Å²) in [6.07, 6.45) is -0.640. The summed E-state index contributed by atoms with van der Waals surface area (Å²) in [7, 11) is 0. The second-order valence-electron chi connectivity index (χ2n) is 12.1. The molecule has 2 unspecified atom stereocenters. The van der Waals surface area contributed by atoms with Gasteiger partial charge in [-0.15, -0.1) is 0 Å². The molecular formula is C32H36F3N5O5. The molecule has 3 aliphatic heterocycles. The van der Waals surface area contributed by atoms with Crippen LogP contribution in [0.5, 0.6) is 0 Å². The number of carbonyl (C=O) groups is 2. The molecule has 0 saturated carbocycles. The van der Waals surface area contributed by atoms with E-state index in [0.29, 0.717) is 38.4 Å². The summed E-state index contributed by atoms with van der Waals surface area (Å²) >= 11 is 0. The minimum Gasteiger partial charge on any atom is -0.465 e. The third-order valence-electron chi connectivity index (χ3n) is 8.96. The summed E-state index contributed by atoms with van der Waals surface area (Å²) in [5, 5.41) is 19.6. The zero-order valence-electron chi connectivity index (χ0n) is 24.6. The third kappa shape index (κ3) is 6.64. The van der Waals surface area contributed by atoms with E-state index in [1.807, 2.05) is 34.9 Å². The summed E-state index contributed by atoms with van der Waals surface area (Å²) in [5.41, 5.74) is 1.06. The number of likely N-dealkylation sites (tertiary alicyclic amines) is 2. The predicted octanol–water partition coefficient (Wildman–Crippen LogP) is 4.39. The van der Waals surface area contributed by atoms with Crippen molar-refractivity contribution in [3.63, 3.8) is 0 Å². The lowest BCUT2D eigenvalue weighted by Gasteiger charge is -2.45. The first-order valence-electron chi connectivity index (χ1n) is 15.2. The Morgan fingerprint density at radius 3 is 2.42 bits per heavy atom. The van der Waals surface area contributed by atoms with Crippen molar-refractivity contribution in [2.75, 3.05) is 45.9 Å². The molecule has 1 aromatic heterocycles. The van der Waals surface area contributed by atoms with Crippen molar-refractivity contribution < 1.29 is 37.7 Å². The number of aliphatic hydroxyl groups is 1. The van der Waals surface area contributed by atoms with Crippen LogP contribution in [0.25, 0.3) is 11.3 Å². The van der Waals surface area contributed by atoms with E-state index in [1.54, 1.807) is 11.1 Å². The monoisotopic (exact) mass is 627 g/mol. The van der Waals surface area contributed by atoms with Crippen molar-refractivity contribution in [1.82, 2.24) is 24.3 Å². The fraction of sp³-hybridized carbons (Fsp3) is 0.469. The number of aromatic nitrogens is 2. The van der Waals surface area contributed by atoms with E-state index in [2.05, 4.69) is 0 Å². The normalized spacial score (nSPS) is 21.5. The van der Waals surface area contributed by atoms with Gasteiger partial charge in [-0.25, -0.2) is 27.7 Å². The number of carbonyl (C=O) groups excluding carboxylic acids is 1. The molecule has 3 saturated heterocycles. The number of hydrogen-bond donors (Lipinski definition) is 2. The molecule has 3 fully saturated rings. The first kappa shape index (κ1) is 30.9. The lowest BCUT2D eigenvalue weighted by molar-refractivity contribution is -0.00948. The van der Waals surface area contributed by atoms with Crippen LogP contribution in [0.3, 0.4) is 0 Å². The largest absolute Gasteiger partial charge is 0.465 e. The lowest BCUT2D eigenvalue weighted by Crippen LogP contribution is -2.59. The molecule has 240 valence electrons. The Morgan fingerprint density at radius 1 is 1.02 bits per heavy atom. The number of benzene rings is 2. The van der Waals surface area contributed by atoms with Crippen LogP contribution in [0.2, 0.25) is 0 Å². The van der Waals surface area contributed by atoms with Gasteiger partial charge >= 0.3 is 12.1 Å². The zero-order chi connectivity index (χ0) is 31.7. The van der Waals surface area contributed by atoms with Crippen LogP contribution in [0, 0.1) is 23.5 Å². The topological polar surface area (TPSA) is 111 Å². The van der Waals surface area contributed by atoms with Crippen molar-refractivity contribution in [3.05, 3.63) is 77.8 Å². The number of carboxylic acid groups (broad SMARTS) is 1. The van der Waals surface area contributed by atoms with Crippen LogP contribution in [0.15, 0.2) is 54.7 Å². The van der Waals surface area contributed by atoms with Crippen LogP contribution in [-0.4, -0.2) is 105 Å². The summed E-state index contributed by atoms with van der Waals surface area (Å²) in [6.45, 7) is 0.918. The van der Waals surface area contributed by atoms with Crippen LogP contribution in [-0.2, 0) is 11.3 Å². The number of urea groups is 1. The van der Waals surface area contributed by atoms with Gasteiger partial charge in [-0.3, -0.25) is 0 Å². The Hall–Kier alpha value is -4.10. The fourth-order valence-electron chi connectivity index (χ4n) is 6.55. The Balaban J connectivity index is 1.47. The van der Waals surface area contributed by atoms with E-state index in [4.69, 9.17) is 9.72 Å². The molecule has 4 heterocycles. The molecule has 6 rings (SSSR count). The van der Waals surface area contributed by atoms with Crippen molar-refractivity contribution in [2.24, 2.45) is 11.8 Å². The van der Waals surface area contributed by atoms with Gasteiger partial charge in [0.2, 0.25) is 0 Å². The molecule has 3 atom stereocenters. The number of imidazole rings is 1. The lowest BCUT2D eigenvalue weighted by atomic mass is 9.89. The molecule has 0 radical (unpaired) electrons. The highest BCUT2D eigenvalue weighted by molar-refractivity contribution is 5.76. The van der Waals surface area contributed by atoms with Gasteiger partial charge in [-0.05, 0) is 42.5 Å². The Morgan fingerprint density at radius 2 is 1.76 bits per heavy atom. The highest BCUT2D eigenvalue weighted by Gasteiger charge is 2.45. The van der Waals surface area contributed by atoms with Crippen LogP contribution >= 0.6 is 0 Å². The molecule has 0 spiro atoms. The van der Waals surface area contributed by atoms with Gasteiger partial charge in [0.15, 0.2) is 0 Å². The SMILES string of the molecule is O=C(O)N1CC(F)C(CN(C(=O)N2CC(O)C2)[C@@H](c2nc(-c3cc(F)ccc3F)cn2Cc2ccccc2)C2CCOCC2)C1. The van der Waals surface area contributed by atoms with Gasteiger partial charge in [-0.1, -0.05) is 30.3 Å². The second kappa shape index (κ2) is 13.1.